The number of rotatable bonds is 5. The molecule has 0 amide bonds. The molecule has 0 spiro atoms. The maximum Gasteiger partial charge on any atom is 0.0196 e. The van der Waals surface area contributed by atoms with Gasteiger partial charge in [-0.25, -0.2) is 0 Å². The molecule has 1 heteroatoms. The van der Waals surface area contributed by atoms with E-state index in [1.54, 1.807) is 5.57 Å². The molecule has 0 aromatic heterocycles. The maximum absolute atomic E-state index is 2.60. The smallest absolute Gasteiger partial charge is 0.0196 e. The Balaban J connectivity index is 0.00000106. The molecular formula is C20H33N. The summed E-state index contributed by atoms with van der Waals surface area (Å²) in [6.07, 6.45) is 6.34. The Morgan fingerprint density at radius 1 is 1.19 bits per heavy atom. The fraction of sp³-hybridized carbons (Fsp3) is 0.600. The van der Waals surface area contributed by atoms with Crippen molar-refractivity contribution in [2.45, 2.75) is 53.9 Å². The number of likely N-dealkylation sites (tertiary alicyclic amines) is 1. The minimum atomic E-state index is 0.838. The first kappa shape index (κ1) is 18.0. The lowest BCUT2D eigenvalue weighted by Gasteiger charge is -2.14. The van der Waals surface area contributed by atoms with E-state index < -0.39 is 0 Å². The predicted molar refractivity (Wildman–Crippen MR) is 95.6 cm³/mol. The number of hydrogen-bond acceptors (Lipinski definition) is 1. The van der Waals surface area contributed by atoms with Gasteiger partial charge in [0.15, 0.2) is 0 Å². The molecule has 1 aliphatic rings. The molecule has 0 unspecified atom stereocenters. The van der Waals surface area contributed by atoms with Gasteiger partial charge in [0, 0.05) is 13.1 Å². The van der Waals surface area contributed by atoms with Crippen molar-refractivity contribution >= 4 is 6.08 Å². The third kappa shape index (κ3) is 6.48. The SMILES string of the molecule is CC.Cc1ccccc1/C=C1\CCN(CCCC(C)C)C1. The lowest BCUT2D eigenvalue weighted by molar-refractivity contribution is 0.326. The highest BCUT2D eigenvalue weighted by Gasteiger charge is 2.16. The van der Waals surface area contributed by atoms with Crippen LogP contribution in [-0.4, -0.2) is 24.5 Å². The molecule has 0 radical (unpaired) electrons. The zero-order valence-corrected chi connectivity index (χ0v) is 14.7. The van der Waals surface area contributed by atoms with Crippen LogP contribution in [0.3, 0.4) is 0 Å². The molecule has 118 valence electrons. The van der Waals surface area contributed by atoms with Crippen LogP contribution in [0.15, 0.2) is 29.8 Å². The summed E-state index contributed by atoms with van der Waals surface area (Å²) in [5.74, 6) is 0.838. The predicted octanol–water partition coefficient (Wildman–Crippen LogP) is 5.55. The average molecular weight is 287 g/mol. The normalized spacial score (nSPS) is 17.1. The summed E-state index contributed by atoms with van der Waals surface area (Å²) in [5.41, 5.74) is 4.37. The summed E-state index contributed by atoms with van der Waals surface area (Å²) >= 11 is 0. The van der Waals surface area contributed by atoms with Crippen molar-refractivity contribution in [3.63, 3.8) is 0 Å². The molecule has 0 saturated carbocycles. The third-order valence-corrected chi connectivity index (χ3v) is 3.98. The Bertz CT molecular complexity index is 431. The lowest BCUT2D eigenvalue weighted by Crippen LogP contribution is -2.20. The molecule has 1 aliphatic heterocycles. The lowest BCUT2D eigenvalue weighted by atomic mass is 10.1. The van der Waals surface area contributed by atoms with Crippen molar-refractivity contribution in [3.8, 4) is 0 Å². The van der Waals surface area contributed by atoms with Gasteiger partial charge in [-0.05, 0) is 49.8 Å². The fourth-order valence-corrected chi connectivity index (χ4v) is 2.75. The number of benzene rings is 1. The van der Waals surface area contributed by atoms with E-state index in [1.807, 2.05) is 13.8 Å². The zero-order chi connectivity index (χ0) is 15.7. The van der Waals surface area contributed by atoms with Gasteiger partial charge in [0.25, 0.3) is 0 Å². The Morgan fingerprint density at radius 3 is 2.57 bits per heavy atom. The molecule has 1 saturated heterocycles. The first-order valence-electron chi connectivity index (χ1n) is 8.62. The average Bonchev–Trinajstić information content (AvgIpc) is 2.91. The first-order valence-corrected chi connectivity index (χ1v) is 8.62. The monoisotopic (exact) mass is 287 g/mol. The molecule has 0 N–H and O–H groups in total. The number of hydrogen-bond donors (Lipinski definition) is 0. The maximum atomic E-state index is 2.60. The van der Waals surface area contributed by atoms with E-state index in [9.17, 15) is 0 Å². The van der Waals surface area contributed by atoms with Crippen LogP contribution in [0.25, 0.3) is 6.08 Å². The number of nitrogens with zero attached hydrogens (tertiary/aromatic N) is 1. The largest absolute Gasteiger partial charge is 0.299 e. The number of aryl methyl sites for hydroxylation is 1. The molecule has 2 rings (SSSR count). The Kier molecular flexibility index (Phi) is 8.37. The molecule has 1 fully saturated rings. The summed E-state index contributed by atoms with van der Waals surface area (Å²) in [7, 11) is 0. The van der Waals surface area contributed by atoms with Crippen LogP contribution in [0.2, 0.25) is 0 Å². The van der Waals surface area contributed by atoms with Crippen LogP contribution in [0.4, 0.5) is 0 Å². The Labute approximate surface area is 132 Å². The van der Waals surface area contributed by atoms with Crippen LogP contribution >= 0.6 is 0 Å². The summed E-state index contributed by atoms with van der Waals surface area (Å²) < 4.78 is 0. The molecule has 1 aromatic carbocycles. The molecular weight excluding hydrogens is 254 g/mol. The highest BCUT2D eigenvalue weighted by Crippen LogP contribution is 2.20. The van der Waals surface area contributed by atoms with Gasteiger partial charge in [-0.15, -0.1) is 0 Å². The Hall–Kier alpha value is -1.08. The van der Waals surface area contributed by atoms with Crippen molar-refractivity contribution in [2.75, 3.05) is 19.6 Å². The van der Waals surface area contributed by atoms with Gasteiger partial charge < -0.3 is 0 Å². The minimum Gasteiger partial charge on any atom is -0.299 e. The van der Waals surface area contributed by atoms with Crippen molar-refractivity contribution in [3.05, 3.63) is 41.0 Å². The van der Waals surface area contributed by atoms with Gasteiger partial charge in [-0.3, -0.25) is 4.90 Å². The van der Waals surface area contributed by atoms with Gasteiger partial charge in [-0.1, -0.05) is 63.6 Å². The quantitative estimate of drug-likeness (QED) is 0.686. The Morgan fingerprint density at radius 2 is 1.90 bits per heavy atom. The highest BCUT2D eigenvalue weighted by molar-refractivity contribution is 5.57. The summed E-state index contributed by atoms with van der Waals surface area (Å²) in [4.78, 5) is 2.60. The summed E-state index contributed by atoms with van der Waals surface area (Å²) in [6, 6.07) is 8.67. The van der Waals surface area contributed by atoms with E-state index in [2.05, 4.69) is 56.0 Å². The van der Waals surface area contributed by atoms with E-state index in [-0.39, 0.29) is 0 Å². The topological polar surface area (TPSA) is 3.24 Å². The van der Waals surface area contributed by atoms with Crippen LogP contribution in [0.5, 0.6) is 0 Å². The van der Waals surface area contributed by atoms with Gasteiger partial charge in [0.2, 0.25) is 0 Å². The molecule has 1 heterocycles. The summed E-state index contributed by atoms with van der Waals surface area (Å²) in [6.45, 7) is 14.5. The van der Waals surface area contributed by atoms with E-state index in [0.717, 1.165) is 5.92 Å². The molecule has 0 atom stereocenters. The second-order valence-electron chi connectivity index (χ2n) is 6.22. The van der Waals surface area contributed by atoms with Crippen molar-refractivity contribution in [1.29, 1.82) is 0 Å². The van der Waals surface area contributed by atoms with E-state index in [0.29, 0.717) is 0 Å². The van der Waals surface area contributed by atoms with Gasteiger partial charge in [0.1, 0.15) is 0 Å². The standard InChI is InChI=1S/C18H27N.C2H6/c1-15(2)7-6-11-19-12-10-17(14-19)13-18-9-5-4-8-16(18)3;1-2/h4-5,8-9,13,15H,6-7,10-12,14H2,1-3H3;1-2H3/b17-13+;. The van der Waals surface area contributed by atoms with E-state index >= 15 is 0 Å². The van der Waals surface area contributed by atoms with Crippen molar-refractivity contribution in [2.24, 2.45) is 5.92 Å². The molecule has 1 aromatic rings. The van der Waals surface area contributed by atoms with Gasteiger partial charge in [-0.2, -0.15) is 0 Å². The van der Waals surface area contributed by atoms with Crippen molar-refractivity contribution in [1.82, 2.24) is 4.90 Å². The zero-order valence-electron chi connectivity index (χ0n) is 14.7. The molecule has 0 aliphatic carbocycles. The molecule has 21 heavy (non-hydrogen) atoms. The van der Waals surface area contributed by atoms with Gasteiger partial charge in [0.05, 0.1) is 0 Å². The van der Waals surface area contributed by atoms with E-state index in [1.165, 1.54) is 50.0 Å². The second kappa shape index (κ2) is 9.78. The molecule has 1 nitrogen and oxygen atoms in total. The summed E-state index contributed by atoms with van der Waals surface area (Å²) in [5, 5.41) is 0. The van der Waals surface area contributed by atoms with Crippen LogP contribution in [-0.2, 0) is 0 Å². The van der Waals surface area contributed by atoms with E-state index in [4.69, 9.17) is 0 Å². The molecule has 0 bridgehead atoms. The first-order chi connectivity index (χ1) is 10.1. The third-order valence-electron chi connectivity index (χ3n) is 3.98. The second-order valence-corrected chi connectivity index (χ2v) is 6.22. The van der Waals surface area contributed by atoms with Gasteiger partial charge >= 0.3 is 0 Å². The highest BCUT2D eigenvalue weighted by atomic mass is 15.1. The van der Waals surface area contributed by atoms with Crippen LogP contribution in [0, 0.1) is 12.8 Å². The van der Waals surface area contributed by atoms with Crippen LogP contribution < -0.4 is 0 Å². The van der Waals surface area contributed by atoms with Crippen molar-refractivity contribution < 1.29 is 0 Å². The van der Waals surface area contributed by atoms with Crippen LogP contribution in [0.1, 0.15) is 58.1 Å². The fourth-order valence-electron chi connectivity index (χ4n) is 2.75. The minimum absolute atomic E-state index is 0.838.